The summed E-state index contributed by atoms with van der Waals surface area (Å²) in [4.78, 5) is 19.3. The number of carbonyl (C=O) groups excluding carboxylic acids is 1. The summed E-state index contributed by atoms with van der Waals surface area (Å²) in [5.74, 6) is 0.243. The normalized spacial score (nSPS) is 10.7. The van der Waals surface area contributed by atoms with Crippen LogP contribution in [-0.2, 0) is 11.2 Å². The van der Waals surface area contributed by atoms with E-state index in [0.29, 0.717) is 28.3 Å². The standard InChI is InChI=1S/C17H15ClN2O3/c1-22-15-8-10(3-4-13(15)18)7-11-9-14-16(20-11)12(5-6-19-14)17(21)23-2/h3-6,8-9,20H,7H2,1-2H3. The van der Waals surface area contributed by atoms with Crippen molar-refractivity contribution in [2.24, 2.45) is 0 Å². The zero-order chi connectivity index (χ0) is 16.4. The molecule has 0 saturated carbocycles. The number of rotatable bonds is 4. The zero-order valence-electron chi connectivity index (χ0n) is 12.7. The Hall–Kier alpha value is -2.53. The van der Waals surface area contributed by atoms with Gasteiger partial charge in [-0.05, 0) is 29.8 Å². The molecule has 2 heterocycles. The summed E-state index contributed by atoms with van der Waals surface area (Å²) in [6.45, 7) is 0. The van der Waals surface area contributed by atoms with E-state index in [1.807, 2.05) is 18.2 Å². The molecule has 0 fully saturated rings. The highest BCUT2D eigenvalue weighted by molar-refractivity contribution is 6.32. The minimum absolute atomic E-state index is 0.390. The van der Waals surface area contributed by atoms with Crippen molar-refractivity contribution in [3.05, 3.63) is 58.4 Å². The number of fused-ring (bicyclic) bond motifs is 1. The van der Waals surface area contributed by atoms with E-state index < -0.39 is 0 Å². The van der Waals surface area contributed by atoms with Gasteiger partial charge in [-0.1, -0.05) is 17.7 Å². The largest absolute Gasteiger partial charge is 0.495 e. The number of ether oxygens (including phenoxy) is 2. The van der Waals surface area contributed by atoms with Gasteiger partial charge < -0.3 is 14.5 Å². The van der Waals surface area contributed by atoms with Crippen LogP contribution in [-0.4, -0.2) is 30.2 Å². The Morgan fingerprint density at radius 3 is 2.83 bits per heavy atom. The summed E-state index contributed by atoms with van der Waals surface area (Å²) in [6.07, 6.45) is 2.24. The van der Waals surface area contributed by atoms with Gasteiger partial charge in [0, 0.05) is 18.3 Å². The second-order valence-electron chi connectivity index (χ2n) is 5.05. The molecule has 0 atom stereocenters. The van der Waals surface area contributed by atoms with Gasteiger partial charge in [0.15, 0.2) is 0 Å². The number of benzene rings is 1. The Balaban J connectivity index is 1.97. The fourth-order valence-electron chi connectivity index (χ4n) is 2.49. The predicted molar refractivity (Wildman–Crippen MR) is 88.2 cm³/mol. The minimum atomic E-state index is -0.390. The molecule has 0 amide bonds. The van der Waals surface area contributed by atoms with E-state index in [0.717, 1.165) is 16.8 Å². The minimum Gasteiger partial charge on any atom is -0.495 e. The average molecular weight is 331 g/mol. The third-order valence-corrected chi connectivity index (χ3v) is 3.90. The number of halogens is 1. The number of H-pyrrole nitrogens is 1. The molecule has 0 aliphatic carbocycles. The molecule has 3 aromatic rings. The molecule has 3 rings (SSSR count). The first-order valence-electron chi connectivity index (χ1n) is 6.99. The van der Waals surface area contributed by atoms with Crippen LogP contribution < -0.4 is 4.74 Å². The molecule has 0 aliphatic rings. The van der Waals surface area contributed by atoms with Crippen LogP contribution in [0.4, 0.5) is 0 Å². The fraction of sp³-hybridized carbons (Fsp3) is 0.176. The van der Waals surface area contributed by atoms with Crippen molar-refractivity contribution in [3.8, 4) is 5.75 Å². The molecule has 2 aromatic heterocycles. The lowest BCUT2D eigenvalue weighted by molar-refractivity contribution is 0.0602. The second-order valence-corrected chi connectivity index (χ2v) is 5.46. The van der Waals surface area contributed by atoms with E-state index in [-0.39, 0.29) is 5.97 Å². The summed E-state index contributed by atoms with van der Waals surface area (Å²) in [5, 5.41) is 0.572. The van der Waals surface area contributed by atoms with Crippen LogP contribution in [0.5, 0.6) is 5.75 Å². The Morgan fingerprint density at radius 2 is 2.09 bits per heavy atom. The molecule has 0 radical (unpaired) electrons. The third-order valence-electron chi connectivity index (χ3n) is 3.59. The fourth-order valence-corrected chi connectivity index (χ4v) is 2.68. The maximum atomic E-state index is 11.8. The lowest BCUT2D eigenvalue weighted by Gasteiger charge is -2.05. The molecule has 0 saturated heterocycles. The Labute approximate surface area is 138 Å². The van der Waals surface area contributed by atoms with Crippen molar-refractivity contribution in [2.45, 2.75) is 6.42 Å². The van der Waals surface area contributed by atoms with Gasteiger partial charge in [-0.2, -0.15) is 0 Å². The maximum absolute atomic E-state index is 11.8. The lowest BCUT2D eigenvalue weighted by atomic mass is 10.1. The van der Waals surface area contributed by atoms with Gasteiger partial charge in [-0.25, -0.2) is 4.79 Å². The number of hydrogen-bond acceptors (Lipinski definition) is 4. The number of nitrogens with one attached hydrogen (secondary N) is 1. The van der Waals surface area contributed by atoms with Gasteiger partial charge in [-0.3, -0.25) is 4.98 Å². The molecule has 0 unspecified atom stereocenters. The average Bonchev–Trinajstić information content (AvgIpc) is 2.98. The lowest BCUT2D eigenvalue weighted by Crippen LogP contribution is -2.02. The van der Waals surface area contributed by atoms with E-state index in [1.165, 1.54) is 7.11 Å². The van der Waals surface area contributed by atoms with E-state index in [1.54, 1.807) is 25.4 Å². The number of pyridine rings is 1. The number of esters is 1. The molecule has 1 aromatic carbocycles. The van der Waals surface area contributed by atoms with Gasteiger partial charge in [0.25, 0.3) is 0 Å². The second kappa shape index (κ2) is 6.30. The molecular formula is C17H15ClN2O3. The molecule has 1 N–H and O–H groups in total. The van der Waals surface area contributed by atoms with Gasteiger partial charge in [0.05, 0.1) is 35.8 Å². The van der Waals surface area contributed by atoms with Crippen molar-refractivity contribution < 1.29 is 14.3 Å². The molecule has 0 aliphatic heterocycles. The SMILES string of the molecule is COC(=O)c1ccnc2cc(Cc3ccc(Cl)c(OC)c3)[nH]c12. The van der Waals surface area contributed by atoms with Crippen LogP contribution in [0.1, 0.15) is 21.6 Å². The van der Waals surface area contributed by atoms with Crippen LogP contribution in [0.15, 0.2) is 36.5 Å². The first kappa shape index (κ1) is 15.4. The van der Waals surface area contributed by atoms with Gasteiger partial charge in [-0.15, -0.1) is 0 Å². The summed E-state index contributed by atoms with van der Waals surface area (Å²) in [6, 6.07) is 9.19. The van der Waals surface area contributed by atoms with Crippen molar-refractivity contribution in [3.63, 3.8) is 0 Å². The Morgan fingerprint density at radius 1 is 1.26 bits per heavy atom. The monoisotopic (exact) mass is 330 g/mol. The number of methoxy groups -OCH3 is 2. The number of carbonyl (C=O) groups is 1. The predicted octanol–water partition coefficient (Wildman–Crippen LogP) is 3.60. The molecule has 5 nitrogen and oxygen atoms in total. The maximum Gasteiger partial charge on any atom is 0.340 e. The highest BCUT2D eigenvalue weighted by Gasteiger charge is 2.14. The van der Waals surface area contributed by atoms with Crippen LogP contribution in [0, 0.1) is 0 Å². The van der Waals surface area contributed by atoms with Gasteiger partial charge in [0.1, 0.15) is 5.75 Å². The van der Waals surface area contributed by atoms with Crippen molar-refractivity contribution in [2.75, 3.05) is 14.2 Å². The summed E-state index contributed by atoms with van der Waals surface area (Å²) in [5.41, 5.74) is 3.85. The zero-order valence-corrected chi connectivity index (χ0v) is 13.5. The Kier molecular flexibility index (Phi) is 4.21. The number of hydrogen-bond donors (Lipinski definition) is 1. The molecule has 118 valence electrons. The summed E-state index contributed by atoms with van der Waals surface area (Å²) in [7, 11) is 2.94. The summed E-state index contributed by atoms with van der Waals surface area (Å²) < 4.78 is 10.0. The summed E-state index contributed by atoms with van der Waals surface area (Å²) >= 11 is 6.04. The van der Waals surface area contributed by atoms with Gasteiger partial charge in [0.2, 0.25) is 0 Å². The van der Waals surface area contributed by atoms with Crippen molar-refractivity contribution >= 4 is 28.6 Å². The molecule has 0 spiro atoms. The first-order chi connectivity index (χ1) is 11.1. The van der Waals surface area contributed by atoms with E-state index in [4.69, 9.17) is 21.1 Å². The smallest absolute Gasteiger partial charge is 0.340 e. The van der Waals surface area contributed by atoms with Crippen molar-refractivity contribution in [1.82, 2.24) is 9.97 Å². The molecule has 6 heteroatoms. The topological polar surface area (TPSA) is 64.2 Å². The van der Waals surface area contributed by atoms with Crippen LogP contribution >= 0.6 is 11.6 Å². The molecular weight excluding hydrogens is 316 g/mol. The van der Waals surface area contributed by atoms with E-state index in [2.05, 4.69) is 9.97 Å². The van der Waals surface area contributed by atoms with Gasteiger partial charge >= 0.3 is 5.97 Å². The van der Waals surface area contributed by atoms with Crippen LogP contribution in [0.3, 0.4) is 0 Å². The van der Waals surface area contributed by atoms with E-state index in [9.17, 15) is 4.79 Å². The number of nitrogens with zero attached hydrogens (tertiary/aromatic N) is 1. The Bertz CT molecular complexity index is 873. The van der Waals surface area contributed by atoms with Crippen LogP contribution in [0.2, 0.25) is 5.02 Å². The van der Waals surface area contributed by atoms with E-state index >= 15 is 0 Å². The van der Waals surface area contributed by atoms with Crippen molar-refractivity contribution in [1.29, 1.82) is 0 Å². The van der Waals surface area contributed by atoms with Crippen LogP contribution in [0.25, 0.3) is 11.0 Å². The first-order valence-corrected chi connectivity index (χ1v) is 7.37. The third kappa shape index (κ3) is 3.00. The highest BCUT2D eigenvalue weighted by atomic mass is 35.5. The number of aromatic amines is 1. The molecule has 0 bridgehead atoms. The quantitative estimate of drug-likeness (QED) is 0.742. The number of aromatic nitrogens is 2. The molecule has 23 heavy (non-hydrogen) atoms. The highest BCUT2D eigenvalue weighted by Crippen LogP contribution is 2.27.